The van der Waals surface area contributed by atoms with Gasteiger partial charge in [-0.3, -0.25) is 0 Å². The summed E-state index contributed by atoms with van der Waals surface area (Å²) in [5, 5.41) is 0. The van der Waals surface area contributed by atoms with Gasteiger partial charge >= 0.3 is 0 Å². The molecule has 0 heterocycles. The molecular formula is C3H2I3. The van der Waals surface area contributed by atoms with E-state index < -0.39 is 0 Å². The van der Waals surface area contributed by atoms with Crippen molar-refractivity contribution < 1.29 is 0 Å². The van der Waals surface area contributed by atoms with Crippen LogP contribution in [0.25, 0.3) is 0 Å². The molecule has 0 spiro atoms. The summed E-state index contributed by atoms with van der Waals surface area (Å²) < 4.78 is 2.36. The number of allylic oxidation sites excluding steroid dienone is 1. The van der Waals surface area contributed by atoms with E-state index in [1.807, 2.05) is 0 Å². The summed E-state index contributed by atoms with van der Waals surface area (Å²) in [4.78, 5) is 0. The van der Waals surface area contributed by atoms with Crippen molar-refractivity contribution in [2.75, 3.05) is 0 Å². The fourth-order valence-corrected chi connectivity index (χ4v) is 0. The van der Waals surface area contributed by atoms with Crippen LogP contribution in [0.4, 0.5) is 0 Å². The van der Waals surface area contributed by atoms with Crippen molar-refractivity contribution in [2.45, 2.75) is 0 Å². The van der Waals surface area contributed by atoms with Crippen molar-refractivity contribution in [3.05, 3.63) is 12.1 Å². The molecule has 1 radical (unpaired) electrons. The van der Waals surface area contributed by atoms with Crippen LogP contribution < -0.4 is 0 Å². The van der Waals surface area contributed by atoms with Gasteiger partial charge in [0.15, 0.2) is 0 Å². The van der Waals surface area contributed by atoms with Gasteiger partial charge in [0.05, 0.1) is 1.59 Å². The molecule has 0 nitrogen and oxygen atoms in total. The lowest BCUT2D eigenvalue weighted by atomic mass is 10.8. The monoisotopic (exact) mass is 419 g/mol. The van der Waals surface area contributed by atoms with Crippen molar-refractivity contribution in [1.29, 1.82) is 0 Å². The largest absolute Gasteiger partial charge is 0.0606 e. The Balaban J connectivity index is 3.68. The van der Waals surface area contributed by atoms with Crippen molar-refractivity contribution in [2.24, 2.45) is 0 Å². The first-order valence-electron chi connectivity index (χ1n) is 1.17. The zero-order valence-electron chi connectivity index (χ0n) is 2.84. The van der Waals surface area contributed by atoms with Gasteiger partial charge < -0.3 is 0 Å². The minimum Gasteiger partial charge on any atom is -0.0475 e. The molecule has 0 aliphatic heterocycles. The maximum atomic E-state index is 3.69. The highest BCUT2D eigenvalue weighted by molar-refractivity contribution is 14.2. The molecule has 0 aromatic carbocycles. The van der Waals surface area contributed by atoms with Crippen LogP contribution in [0.2, 0.25) is 0 Å². The number of hydrogen-bond donors (Lipinski definition) is 0. The van der Waals surface area contributed by atoms with Gasteiger partial charge in [0.2, 0.25) is 0 Å². The van der Waals surface area contributed by atoms with E-state index in [1.165, 1.54) is 1.59 Å². The van der Waals surface area contributed by atoms with E-state index >= 15 is 0 Å². The van der Waals surface area contributed by atoms with Crippen molar-refractivity contribution >= 4 is 67.8 Å². The van der Waals surface area contributed by atoms with Crippen LogP contribution in [0.3, 0.4) is 0 Å². The lowest BCUT2D eigenvalue weighted by molar-refractivity contribution is 2.13. The second-order valence-corrected chi connectivity index (χ2v) is 6.19. The Morgan fingerprint density at radius 1 is 1.17 bits per heavy atom. The predicted molar refractivity (Wildman–Crippen MR) is 54.4 cm³/mol. The molecule has 35 valence electrons. The average molecular weight is 419 g/mol. The van der Waals surface area contributed by atoms with Crippen molar-refractivity contribution in [1.82, 2.24) is 0 Å². The van der Waals surface area contributed by atoms with E-state index in [1.54, 1.807) is 0 Å². The standard InChI is InChI=1S/C3H2I3/c1-2(4)3(5)6/h1H2. The zero-order valence-corrected chi connectivity index (χ0v) is 9.31. The molecule has 0 aromatic heterocycles. The van der Waals surface area contributed by atoms with Gasteiger partial charge in [-0.1, -0.05) is 0 Å². The summed E-state index contributed by atoms with van der Waals surface area (Å²) >= 11 is 6.64. The van der Waals surface area contributed by atoms with Crippen LogP contribution >= 0.6 is 67.8 Å². The summed E-state index contributed by atoms with van der Waals surface area (Å²) in [6.07, 6.45) is 0. The van der Waals surface area contributed by atoms with Crippen LogP contribution in [-0.2, 0) is 0 Å². The van der Waals surface area contributed by atoms with Crippen LogP contribution in [0, 0.1) is 6.92 Å². The predicted octanol–water partition coefficient (Wildman–Crippen LogP) is 3.29. The molecule has 0 unspecified atom stereocenters. The lowest BCUT2D eigenvalue weighted by Gasteiger charge is -1.80. The molecule has 6 heavy (non-hydrogen) atoms. The molecule has 0 aromatic rings. The number of hydrogen-bond acceptors (Lipinski definition) is 0. The van der Waals surface area contributed by atoms with Crippen LogP contribution in [0.1, 0.15) is 0 Å². The van der Waals surface area contributed by atoms with Crippen molar-refractivity contribution in [3.63, 3.8) is 0 Å². The minimum atomic E-state index is 1.12. The minimum absolute atomic E-state index is 1.12. The Morgan fingerprint density at radius 2 is 1.33 bits per heavy atom. The van der Waals surface area contributed by atoms with E-state index in [2.05, 4.69) is 74.7 Å². The summed E-state index contributed by atoms with van der Waals surface area (Å²) in [5.74, 6) is 0. The molecule has 3 heteroatoms. The summed E-state index contributed by atoms with van der Waals surface area (Å²) in [5.41, 5.74) is 0. The quantitative estimate of drug-likeness (QED) is 0.530. The van der Waals surface area contributed by atoms with Gasteiger partial charge in [-0.05, 0) is 74.7 Å². The third kappa shape index (κ3) is 4.10. The molecule has 0 aliphatic rings. The van der Waals surface area contributed by atoms with Gasteiger partial charge in [0, 0.05) is 3.58 Å². The van der Waals surface area contributed by atoms with Gasteiger partial charge in [0.1, 0.15) is 0 Å². The van der Waals surface area contributed by atoms with Gasteiger partial charge in [0.25, 0.3) is 0 Å². The smallest absolute Gasteiger partial charge is 0.0475 e. The Morgan fingerprint density at radius 3 is 1.33 bits per heavy atom. The highest BCUT2D eigenvalue weighted by Crippen LogP contribution is 2.23. The summed E-state index contributed by atoms with van der Waals surface area (Å²) in [6, 6.07) is 0. The Kier molecular flexibility index (Phi) is 5.12. The molecule has 0 saturated carbocycles. The molecule has 0 bridgehead atoms. The molecule has 0 aliphatic carbocycles. The fraction of sp³-hybridized carbons (Fsp3) is 0. The van der Waals surface area contributed by atoms with Crippen LogP contribution in [0.15, 0.2) is 5.17 Å². The molecular weight excluding hydrogens is 417 g/mol. The lowest BCUT2D eigenvalue weighted by Crippen LogP contribution is -1.50. The van der Waals surface area contributed by atoms with Crippen LogP contribution in [-0.4, -0.2) is 0 Å². The molecule has 0 fully saturated rings. The second-order valence-electron chi connectivity index (χ2n) is 0.665. The van der Waals surface area contributed by atoms with E-state index in [-0.39, 0.29) is 0 Å². The molecule has 0 rings (SSSR count). The molecule has 0 amide bonds. The van der Waals surface area contributed by atoms with Crippen LogP contribution in [0.5, 0.6) is 0 Å². The molecule has 0 saturated heterocycles. The first-order valence-corrected chi connectivity index (χ1v) is 4.41. The third-order valence-corrected chi connectivity index (χ3v) is 4.11. The normalized spacial score (nSPS) is 8.00. The molecule has 0 atom stereocenters. The maximum Gasteiger partial charge on any atom is 0.0606 e. The number of rotatable bonds is 0. The highest BCUT2D eigenvalue weighted by Gasteiger charge is 1.82. The summed E-state index contributed by atoms with van der Waals surface area (Å²) in [7, 11) is 0. The van der Waals surface area contributed by atoms with E-state index in [9.17, 15) is 0 Å². The zero-order chi connectivity index (χ0) is 5.15. The third-order valence-electron chi connectivity index (χ3n) is 0.205. The van der Waals surface area contributed by atoms with E-state index in [0.717, 1.165) is 3.58 Å². The highest BCUT2D eigenvalue weighted by atomic mass is 127. The Bertz CT molecular complexity index is 56.1. The van der Waals surface area contributed by atoms with E-state index in [4.69, 9.17) is 0 Å². The summed E-state index contributed by atoms with van der Waals surface area (Å²) in [6.45, 7) is 3.69. The topological polar surface area (TPSA) is 0 Å². The second kappa shape index (κ2) is 3.88. The first-order chi connectivity index (χ1) is 2.64. The van der Waals surface area contributed by atoms with Gasteiger partial charge in [-0.25, -0.2) is 0 Å². The van der Waals surface area contributed by atoms with Gasteiger partial charge in [-0.15, -0.1) is 0 Å². The fourth-order valence-electron chi connectivity index (χ4n) is 0. The van der Waals surface area contributed by atoms with Gasteiger partial charge in [-0.2, -0.15) is 0 Å². The number of halogens is 3. The maximum absolute atomic E-state index is 3.69. The average Bonchev–Trinajstić information content (AvgIpc) is 1.36. The first kappa shape index (κ1) is 7.93. The molecule has 0 N–H and O–H groups in total. The SMILES string of the molecule is [CH2]C(I)=C(I)I. The van der Waals surface area contributed by atoms with E-state index in [0.29, 0.717) is 0 Å². The Labute approximate surface area is 78.6 Å². The Hall–Kier alpha value is 1.93. The van der Waals surface area contributed by atoms with Crippen molar-refractivity contribution in [3.8, 4) is 0 Å².